The normalized spacial score (nSPS) is 11.6. The van der Waals surface area contributed by atoms with Gasteiger partial charge in [0.1, 0.15) is 11.1 Å². The Morgan fingerprint density at radius 1 is 1.35 bits per heavy atom. The lowest BCUT2D eigenvalue weighted by Crippen LogP contribution is -2.26. The molecule has 0 spiro atoms. The van der Waals surface area contributed by atoms with Gasteiger partial charge in [0.05, 0.1) is 4.92 Å². The van der Waals surface area contributed by atoms with Crippen LogP contribution in [-0.2, 0) is 4.74 Å². The molecule has 0 atom stereocenters. The summed E-state index contributed by atoms with van der Waals surface area (Å²) in [5, 5.41) is 11.8. The van der Waals surface area contributed by atoms with Gasteiger partial charge in [0.25, 0.3) is 5.69 Å². The number of fused-ring (bicyclic) bond motifs is 1. The zero-order valence-electron chi connectivity index (χ0n) is 11.8. The second-order valence-corrected chi connectivity index (χ2v) is 5.65. The maximum absolute atomic E-state index is 12.1. The van der Waals surface area contributed by atoms with E-state index in [9.17, 15) is 14.9 Å². The second kappa shape index (κ2) is 4.63. The van der Waals surface area contributed by atoms with Crippen molar-refractivity contribution in [3.8, 4) is 0 Å². The maximum Gasteiger partial charge on any atom is 0.419 e. The number of non-ortho nitro benzene ring substituents is 1. The Bertz CT molecular complexity index is 695. The quantitative estimate of drug-likeness (QED) is 0.588. The van der Waals surface area contributed by atoms with E-state index < -0.39 is 16.6 Å². The lowest BCUT2D eigenvalue weighted by Gasteiger charge is -2.19. The van der Waals surface area contributed by atoms with Crippen molar-refractivity contribution in [1.82, 2.24) is 4.57 Å². The van der Waals surface area contributed by atoms with E-state index in [1.165, 1.54) is 16.8 Å². The highest BCUT2D eigenvalue weighted by Gasteiger charge is 2.23. The highest BCUT2D eigenvalue weighted by Crippen LogP contribution is 2.29. The monoisotopic (exact) mass is 276 g/mol. The molecule has 0 N–H and O–H groups in total. The summed E-state index contributed by atoms with van der Waals surface area (Å²) in [6.07, 6.45) is 0.866. The number of nitro benzene ring substituents is 1. The molecule has 20 heavy (non-hydrogen) atoms. The van der Waals surface area contributed by atoms with Gasteiger partial charge in [-0.15, -0.1) is 0 Å². The summed E-state index contributed by atoms with van der Waals surface area (Å²) in [5.41, 5.74) is 0.268. The van der Waals surface area contributed by atoms with Crippen LogP contribution in [0.25, 0.3) is 10.9 Å². The number of hydrogen-bond acceptors (Lipinski definition) is 4. The Morgan fingerprint density at radius 2 is 2.00 bits per heavy atom. The lowest BCUT2D eigenvalue weighted by molar-refractivity contribution is -0.383. The van der Waals surface area contributed by atoms with Gasteiger partial charge in [-0.1, -0.05) is 0 Å². The second-order valence-electron chi connectivity index (χ2n) is 5.65. The van der Waals surface area contributed by atoms with Crippen LogP contribution in [0.5, 0.6) is 0 Å². The van der Waals surface area contributed by atoms with Gasteiger partial charge in [0, 0.05) is 17.6 Å². The van der Waals surface area contributed by atoms with Gasteiger partial charge < -0.3 is 4.74 Å². The highest BCUT2D eigenvalue weighted by atomic mass is 16.6. The van der Waals surface area contributed by atoms with Crippen LogP contribution >= 0.6 is 0 Å². The number of ether oxygens (including phenoxy) is 1. The Balaban J connectivity index is 2.61. The van der Waals surface area contributed by atoms with E-state index >= 15 is 0 Å². The first-order valence-corrected chi connectivity index (χ1v) is 6.18. The molecular formula is C14H16N2O4. The molecule has 0 radical (unpaired) electrons. The number of carbonyl (C=O) groups excluding carboxylic acids is 1. The summed E-state index contributed by atoms with van der Waals surface area (Å²) in [6.45, 7) is 7.01. The molecule has 1 heterocycles. The van der Waals surface area contributed by atoms with Gasteiger partial charge in [0.15, 0.2) is 0 Å². The molecule has 0 saturated heterocycles. The molecule has 0 amide bonds. The van der Waals surface area contributed by atoms with Crippen molar-refractivity contribution < 1.29 is 14.5 Å². The first-order chi connectivity index (χ1) is 9.19. The van der Waals surface area contributed by atoms with Crippen LogP contribution in [-0.4, -0.2) is 21.2 Å². The molecule has 0 unspecified atom stereocenters. The number of carbonyl (C=O) groups is 1. The Labute approximate surface area is 116 Å². The number of nitro groups is 1. The van der Waals surface area contributed by atoms with Crippen molar-refractivity contribution >= 4 is 22.7 Å². The van der Waals surface area contributed by atoms with Gasteiger partial charge in [-0.2, -0.15) is 0 Å². The Morgan fingerprint density at radius 3 is 2.55 bits per heavy atom. The molecule has 1 aromatic carbocycles. The fourth-order valence-electron chi connectivity index (χ4n) is 2.01. The van der Waals surface area contributed by atoms with Crippen molar-refractivity contribution in [2.75, 3.05) is 0 Å². The number of nitrogens with zero attached hydrogens (tertiary/aromatic N) is 2. The fraction of sp³-hybridized carbons (Fsp3) is 0.357. The minimum Gasteiger partial charge on any atom is -0.443 e. The molecule has 106 valence electrons. The zero-order chi connectivity index (χ0) is 15.1. The smallest absolute Gasteiger partial charge is 0.419 e. The minimum absolute atomic E-state index is 0.101. The third-order valence-corrected chi connectivity index (χ3v) is 2.69. The summed E-state index contributed by atoms with van der Waals surface area (Å²) in [4.78, 5) is 22.8. The van der Waals surface area contributed by atoms with E-state index in [-0.39, 0.29) is 11.2 Å². The van der Waals surface area contributed by atoms with Crippen molar-refractivity contribution in [2.45, 2.75) is 33.3 Å². The Kier molecular flexibility index (Phi) is 3.25. The third kappa shape index (κ3) is 2.64. The topological polar surface area (TPSA) is 74.4 Å². The Hall–Kier alpha value is -2.37. The van der Waals surface area contributed by atoms with Gasteiger partial charge >= 0.3 is 6.09 Å². The molecule has 0 saturated carbocycles. The van der Waals surface area contributed by atoms with Crippen LogP contribution in [0.2, 0.25) is 0 Å². The van der Waals surface area contributed by atoms with E-state index in [0.29, 0.717) is 5.39 Å². The summed E-state index contributed by atoms with van der Waals surface area (Å²) >= 11 is 0. The average Bonchev–Trinajstić information content (AvgIpc) is 2.68. The van der Waals surface area contributed by atoms with Gasteiger partial charge in [0.2, 0.25) is 0 Å². The van der Waals surface area contributed by atoms with E-state index in [1.807, 2.05) is 0 Å². The molecule has 2 aromatic rings. The van der Waals surface area contributed by atoms with Crippen molar-refractivity contribution in [2.24, 2.45) is 0 Å². The third-order valence-electron chi connectivity index (χ3n) is 2.69. The van der Waals surface area contributed by atoms with E-state index in [4.69, 9.17) is 4.74 Å². The SMILES string of the molecule is Cc1cc([N+](=O)[O-])c2c(ccn2C(=O)OC(C)(C)C)c1. The van der Waals surface area contributed by atoms with E-state index in [0.717, 1.165) is 5.56 Å². The number of rotatable bonds is 1. The molecule has 0 aliphatic carbocycles. The first-order valence-electron chi connectivity index (χ1n) is 6.18. The fourth-order valence-corrected chi connectivity index (χ4v) is 2.01. The molecule has 0 fully saturated rings. The average molecular weight is 276 g/mol. The zero-order valence-corrected chi connectivity index (χ0v) is 11.8. The van der Waals surface area contributed by atoms with Crippen molar-refractivity contribution in [1.29, 1.82) is 0 Å². The van der Waals surface area contributed by atoms with Crippen molar-refractivity contribution in [3.05, 3.63) is 40.1 Å². The maximum atomic E-state index is 12.1. The molecular weight excluding hydrogens is 260 g/mol. The van der Waals surface area contributed by atoms with Crippen LogP contribution in [0.3, 0.4) is 0 Å². The van der Waals surface area contributed by atoms with Crippen LogP contribution in [0.15, 0.2) is 24.4 Å². The summed E-state index contributed by atoms with van der Waals surface area (Å²) in [6, 6.07) is 4.91. The predicted molar refractivity (Wildman–Crippen MR) is 75.0 cm³/mol. The minimum atomic E-state index is -0.660. The molecule has 6 nitrogen and oxygen atoms in total. The highest BCUT2D eigenvalue weighted by molar-refractivity contribution is 5.95. The predicted octanol–water partition coefficient (Wildman–Crippen LogP) is 3.64. The lowest BCUT2D eigenvalue weighted by atomic mass is 10.1. The number of aryl methyl sites for hydroxylation is 1. The summed E-state index contributed by atoms with van der Waals surface area (Å²) in [5.74, 6) is 0. The van der Waals surface area contributed by atoms with E-state index in [2.05, 4.69) is 0 Å². The first kappa shape index (κ1) is 14.0. The molecule has 6 heteroatoms. The van der Waals surface area contributed by atoms with Crippen LogP contribution in [0, 0.1) is 17.0 Å². The molecule has 0 aliphatic rings. The van der Waals surface area contributed by atoms with Gasteiger partial charge in [-0.25, -0.2) is 9.36 Å². The van der Waals surface area contributed by atoms with Gasteiger partial charge in [-0.05, 0) is 45.4 Å². The van der Waals surface area contributed by atoms with E-state index in [1.54, 1.807) is 39.8 Å². The largest absolute Gasteiger partial charge is 0.443 e. The van der Waals surface area contributed by atoms with Gasteiger partial charge in [-0.3, -0.25) is 10.1 Å². The van der Waals surface area contributed by atoms with Crippen molar-refractivity contribution in [3.63, 3.8) is 0 Å². The number of aromatic nitrogens is 1. The number of benzene rings is 1. The molecule has 0 bridgehead atoms. The number of hydrogen-bond donors (Lipinski definition) is 0. The summed E-state index contributed by atoms with van der Waals surface area (Å²) < 4.78 is 6.44. The molecule has 0 aliphatic heterocycles. The summed E-state index contributed by atoms with van der Waals surface area (Å²) in [7, 11) is 0. The molecule has 1 aromatic heterocycles. The standard InChI is InChI=1S/C14H16N2O4/c1-9-7-10-5-6-15(13(17)20-14(2,3)4)12(10)11(8-9)16(18)19/h5-8H,1-4H3. The van der Waals surface area contributed by atoms with Crippen LogP contribution in [0.4, 0.5) is 10.5 Å². The van der Waals surface area contributed by atoms with Crippen LogP contribution in [0.1, 0.15) is 26.3 Å². The molecule has 2 rings (SSSR count). The van der Waals surface area contributed by atoms with Crippen LogP contribution < -0.4 is 0 Å².